The Morgan fingerprint density at radius 3 is 2.57 bits per heavy atom. The van der Waals surface area contributed by atoms with Crippen molar-refractivity contribution in [2.75, 3.05) is 20.1 Å². The number of carbonyl (C=O) groups is 1. The van der Waals surface area contributed by atoms with E-state index in [1.165, 1.54) is 45.2 Å². The molecule has 1 aromatic rings. The van der Waals surface area contributed by atoms with Crippen LogP contribution in [0, 0.1) is 0 Å². The molecule has 1 aliphatic carbocycles. The van der Waals surface area contributed by atoms with Gasteiger partial charge in [-0.1, -0.05) is 43.2 Å². The molecule has 1 saturated heterocycles. The highest BCUT2D eigenvalue weighted by Gasteiger charge is 2.36. The summed E-state index contributed by atoms with van der Waals surface area (Å²) in [6, 6.07) is 10.7. The molecule has 126 valence electrons. The molecule has 1 aromatic carbocycles. The quantitative estimate of drug-likeness (QED) is 0.850. The summed E-state index contributed by atoms with van der Waals surface area (Å²) in [7, 11) is 1.91. The summed E-state index contributed by atoms with van der Waals surface area (Å²) in [5, 5.41) is 0. The van der Waals surface area contributed by atoms with Gasteiger partial charge >= 0.3 is 6.09 Å². The van der Waals surface area contributed by atoms with E-state index in [0.717, 1.165) is 12.0 Å². The third-order valence-corrected chi connectivity index (χ3v) is 5.29. The molecule has 0 radical (unpaired) electrons. The molecule has 1 amide bonds. The first-order valence-corrected chi connectivity index (χ1v) is 8.93. The molecule has 2 fully saturated rings. The number of carbonyl (C=O) groups excluding carboxylic acids is 1. The smallest absolute Gasteiger partial charge is 0.410 e. The van der Waals surface area contributed by atoms with Crippen molar-refractivity contribution in [3.8, 4) is 0 Å². The van der Waals surface area contributed by atoms with Crippen LogP contribution in [-0.2, 0) is 11.3 Å². The number of ether oxygens (including phenoxy) is 1. The molecule has 3 rings (SSSR count). The van der Waals surface area contributed by atoms with E-state index in [2.05, 4.69) is 4.90 Å². The largest absolute Gasteiger partial charge is 0.445 e. The topological polar surface area (TPSA) is 32.8 Å². The first kappa shape index (κ1) is 16.3. The third-order valence-electron chi connectivity index (χ3n) is 5.29. The van der Waals surface area contributed by atoms with Crippen LogP contribution in [0.4, 0.5) is 4.79 Å². The van der Waals surface area contributed by atoms with Gasteiger partial charge in [0.15, 0.2) is 0 Å². The molecular formula is C19H28N2O2. The van der Waals surface area contributed by atoms with Gasteiger partial charge < -0.3 is 9.64 Å². The van der Waals surface area contributed by atoms with Crippen LogP contribution >= 0.6 is 0 Å². The van der Waals surface area contributed by atoms with Gasteiger partial charge in [-0.25, -0.2) is 4.79 Å². The Morgan fingerprint density at radius 2 is 1.83 bits per heavy atom. The van der Waals surface area contributed by atoms with E-state index in [1.807, 2.05) is 42.3 Å². The lowest BCUT2D eigenvalue weighted by atomic mass is 9.88. The molecule has 1 aliphatic heterocycles. The van der Waals surface area contributed by atoms with E-state index in [0.29, 0.717) is 18.7 Å². The maximum absolute atomic E-state index is 12.5. The van der Waals surface area contributed by atoms with E-state index >= 15 is 0 Å². The first-order valence-electron chi connectivity index (χ1n) is 8.93. The molecule has 0 spiro atoms. The summed E-state index contributed by atoms with van der Waals surface area (Å²) in [5.41, 5.74) is 1.04. The Bertz CT molecular complexity index is 499. The van der Waals surface area contributed by atoms with Gasteiger partial charge in [-0.15, -0.1) is 0 Å². The summed E-state index contributed by atoms with van der Waals surface area (Å²) in [6.45, 7) is 2.73. The van der Waals surface area contributed by atoms with Gasteiger partial charge in [0, 0.05) is 13.1 Å². The lowest BCUT2D eigenvalue weighted by Crippen LogP contribution is -2.53. The van der Waals surface area contributed by atoms with E-state index < -0.39 is 0 Å². The van der Waals surface area contributed by atoms with Gasteiger partial charge in [-0.05, 0) is 44.3 Å². The summed E-state index contributed by atoms with van der Waals surface area (Å²) in [5.74, 6) is 0. The van der Waals surface area contributed by atoms with Crippen LogP contribution < -0.4 is 0 Å². The lowest BCUT2D eigenvalue weighted by molar-refractivity contribution is 0.0491. The van der Waals surface area contributed by atoms with Crippen LogP contribution in [0.5, 0.6) is 0 Å². The van der Waals surface area contributed by atoms with E-state index in [-0.39, 0.29) is 6.09 Å². The highest BCUT2D eigenvalue weighted by molar-refractivity contribution is 5.67. The molecule has 0 N–H and O–H groups in total. The van der Waals surface area contributed by atoms with E-state index in [9.17, 15) is 4.79 Å². The van der Waals surface area contributed by atoms with Crippen LogP contribution in [0.2, 0.25) is 0 Å². The summed E-state index contributed by atoms with van der Waals surface area (Å²) in [6.07, 6.45) is 7.20. The molecule has 2 aliphatic rings. The maximum atomic E-state index is 12.5. The zero-order valence-corrected chi connectivity index (χ0v) is 14.1. The Kier molecular flexibility index (Phi) is 5.55. The number of rotatable bonds is 4. The molecule has 1 saturated carbocycles. The highest BCUT2D eigenvalue weighted by atomic mass is 16.6. The lowest BCUT2D eigenvalue weighted by Gasteiger charge is -2.42. The maximum Gasteiger partial charge on any atom is 0.410 e. The van der Waals surface area contributed by atoms with E-state index in [1.54, 1.807) is 0 Å². The third kappa shape index (κ3) is 4.05. The Balaban J connectivity index is 1.58. The van der Waals surface area contributed by atoms with Crippen LogP contribution in [0.3, 0.4) is 0 Å². The minimum atomic E-state index is -0.190. The van der Waals surface area contributed by atoms with Crippen molar-refractivity contribution in [1.29, 1.82) is 0 Å². The van der Waals surface area contributed by atoms with E-state index in [4.69, 9.17) is 4.74 Å². The van der Waals surface area contributed by atoms with Crippen molar-refractivity contribution >= 4 is 6.09 Å². The number of nitrogens with zero attached hydrogens (tertiary/aromatic N) is 2. The molecule has 0 bridgehead atoms. The van der Waals surface area contributed by atoms with Crippen molar-refractivity contribution < 1.29 is 9.53 Å². The van der Waals surface area contributed by atoms with Crippen molar-refractivity contribution in [2.45, 2.75) is 57.2 Å². The average molecular weight is 316 g/mol. The molecule has 1 unspecified atom stereocenters. The minimum absolute atomic E-state index is 0.190. The fraction of sp³-hybridized carbons (Fsp3) is 0.632. The second-order valence-corrected chi connectivity index (χ2v) is 6.81. The normalized spacial score (nSPS) is 25.3. The average Bonchev–Trinajstić information content (AvgIpc) is 3.14. The van der Waals surface area contributed by atoms with Crippen LogP contribution in [0.1, 0.15) is 44.1 Å². The predicted molar refractivity (Wildman–Crippen MR) is 91.2 cm³/mol. The zero-order valence-electron chi connectivity index (χ0n) is 14.1. The minimum Gasteiger partial charge on any atom is -0.445 e. The number of hydrogen-bond donors (Lipinski definition) is 0. The monoisotopic (exact) mass is 316 g/mol. The second-order valence-electron chi connectivity index (χ2n) is 6.81. The number of benzene rings is 1. The van der Waals surface area contributed by atoms with Crippen LogP contribution in [0.15, 0.2) is 30.3 Å². The van der Waals surface area contributed by atoms with Gasteiger partial charge in [0.2, 0.25) is 0 Å². The summed E-state index contributed by atoms with van der Waals surface area (Å²) < 4.78 is 5.52. The van der Waals surface area contributed by atoms with Crippen molar-refractivity contribution in [2.24, 2.45) is 0 Å². The van der Waals surface area contributed by atoms with Gasteiger partial charge in [0.05, 0.1) is 6.04 Å². The SMILES string of the molecule is CN(C(=O)OCc1ccccc1)C1CCCC[C@@H]1N1CCCC1. The molecule has 0 aromatic heterocycles. The first-order chi connectivity index (χ1) is 11.3. The fourth-order valence-corrected chi connectivity index (χ4v) is 4.00. The van der Waals surface area contributed by atoms with Crippen LogP contribution in [-0.4, -0.2) is 48.1 Å². The van der Waals surface area contributed by atoms with Gasteiger partial charge in [0.25, 0.3) is 0 Å². The molecule has 1 heterocycles. The summed E-state index contributed by atoms with van der Waals surface area (Å²) >= 11 is 0. The van der Waals surface area contributed by atoms with Gasteiger partial charge in [0.1, 0.15) is 6.61 Å². The Morgan fingerprint density at radius 1 is 1.13 bits per heavy atom. The molecule has 4 heteroatoms. The predicted octanol–water partition coefficient (Wildman–Crippen LogP) is 3.66. The fourth-order valence-electron chi connectivity index (χ4n) is 4.00. The summed E-state index contributed by atoms with van der Waals surface area (Å²) in [4.78, 5) is 16.9. The highest BCUT2D eigenvalue weighted by Crippen LogP contribution is 2.29. The molecule has 23 heavy (non-hydrogen) atoms. The number of amides is 1. The van der Waals surface area contributed by atoms with Gasteiger partial charge in [-0.2, -0.15) is 0 Å². The number of likely N-dealkylation sites (N-methyl/N-ethyl adjacent to an activating group) is 1. The number of likely N-dealkylation sites (tertiary alicyclic amines) is 1. The van der Waals surface area contributed by atoms with Crippen LogP contribution in [0.25, 0.3) is 0 Å². The van der Waals surface area contributed by atoms with Crippen molar-refractivity contribution in [3.05, 3.63) is 35.9 Å². The van der Waals surface area contributed by atoms with Crippen molar-refractivity contribution in [3.63, 3.8) is 0 Å². The second kappa shape index (κ2) is 7.82. The Labute approximate surface area is 139 Å². The zero-order chi connectivity index (χ0) is 16.1. The standard InChI is InChI=1S/C19H28N2O2/c1-20(19(22)23-15-16-9-3-2-4-10-16)17-11-5-6-12-18(17)21-13-7-8-14-21/h2-4,9-10,17-18H,5-8,11-15H2,1H3/t17?,18-/m0/s1. The van der Waals surface area contributed by atoms with Gasteiger partial charge in [-0.3, -0.25) is 4.90 Å². The molecular weight excluding hydrogens is 288 g/mol. The Hall–Kier alpha value is -1.55. The number of hydrogen-bond acceptors (Lipinski definition) is 3. The molecule has 2 atom stereocenters. The van der Waals surface area contributed by atoms with Crippen molar-refractivity contribution in [1.82, 2.24) is 9.80 Å². The molecule has 4 nitrogen and oxygen atoms in total.